The van der Waals surface area contributed by atoms with E-state index in [-0.39, 0.29) is 23.3 Å². The molecule has 0 radical (unpaired) electrons. The molecule has 8 nitrogen and oxygen atoms in total. The van der Waals surface area contributed by atoms with E-state index in [9.17, 15) is 19.7 Å². The number of nitro groups is 1. The maximum absolute atomic E-state index is 12.4. The molecule has 0 heterocycles. The molecule has 0 aliphatic heterocycles. The van der Waals surface area contributed by atoms with Crippen LogP contribution in [0.2, 0.25) is 5.02 Å². The maximum atomic E-state index is 12.4. The number of hydrazone groups is 1. The highest BCUT2D eigenvalue weighted by Crippen LogP contribution is 2.17. The second-order valence-electron chi connectivity index (χ2n) is 7.19. The summed E-state index contributed by atoms with van der Waals surface area (Å²) >= 11 is 7.32. The Labute approximate surface area is 205 Å². The number of benzene rings is 3. The van der Waals surface area contributed by atoms with Crippen molar-refractivity contribution in [3.05, 3.63) is 105 Å². The molecule has 0 saturated heterocycles. The lowest BCUT2D eigenvalue weighted by atomic mass is 10.1. The molecule has 0 atom stereocenters. The first-order valence-electron chi connectivity index (χ1n) is 10.1. The fraction of sp³-hybridized carbons (Fsp3) is 0.125. The number of rotatable bonds is 9. The van der Waals surface area contributed by atoms with Gasteiger partial charge in [-0.25, -0.2) is 5.43 Å². The largest absolute Gasteiger partial charge is 0.322 e. The molecule has 0 spiro atoms. The summed E-state index contributed by atoms with van der Waals surface area (Å²) in [6.07, 6.45) is 0. The van der Waals surface area contributed by atoms with Gasteiger partial charge in [0.2, 0.25) is 5.91 Å². The van der Waals surface area contributed by atoms with Crippen LogP contribution in [0.1, 0.15) is 28.4 Å². The fourth-order valence-electron chi connectivity index (χ4n) is 2.87. The molecule has 0 aliphatic rings. The smallest absolute Gasteiger partial charge is 0.269 e. The minimum atomic E-state index is -0.451. The predicted molar refractivity (Wildman–Crippen MR) is 135 cm³/mol. The number of anilines is 1. The average molecular weight is 497 g/mol. The topological polar surface area (TPSA) is 114 Å². The zero-order valence-corrected chi connectivity index (χ0v) is 19.7. The van der Waals surface area contributed by atoms with Crippen molar-refractivity contribution in [1.29, 1.82) is 0 Å². The first kappa shape index (κ1) is 24.9. The number of hydrogen-bond acceptors (Lipinski definition) is 6. The summed E-state index contributed by atoms with van der Waals surface area (Å²) in [6, 6.07) is 20.0. The number of nitrogens with one attached hydrogen (secondary N) is 2. The molecule has 0 aliphatic carbocycles. The van der Waals surface area contributed by atoms with E-state index < -0.39 is 4.92 Å². The number of amides is 2. The molecule has 3 aromatic rings. The van der Waals surface area contributed by atoms with Gasteiger partial charge in [-0.15, -0.1) is 11.8 Å². The zero-order valence-electron chi connectivity index (χ0n) is 18.2. The quantitative estimate of drug-likeness (QED) is 0.238. The molecule has 2 amide bonds. The summed E-state index contributed by atoms with van der Waals surface area (Å²) in [5.74, 6) is 0.177. The molecule has 0 fully saturated rings. The summed E-state index contributed by atoms with van der Waals surface area (Å²) < 4.78 is 0. The number of halogens is 1. The molecule has 0 bridgehead atoms. The average Bonchev–Trinajstić information content (AvgIpc) is 2.83. The SMILES string of the molecule is C/C(=N/NC(=O)CSCc1ccc([N+](=O)[O-])cc1)c1cccc(NC(=O)c2cccc(Cl)c2)c1. The molecule has 3 aromatic carbocycles. The van der Waals surface area contributed by atoms with Gasteiger partial charge >= 0.3 is 0 Å². The maximum Gasteiger partial charge on any atom is 0.269 e. The van der Waals surface area contributed by atoms with E-state index in [0.717, 1.165) is 11.1 Å². The van der Waals surface area contributed by atoms with Crippen LogP contribution >= 0.6 is 23.4 Å². The Bertz CT molecular complexity index is 1230. The van der Waals surface area contributed by atoms with Gasteiger partial charge < -0.3 is 5.32 Å². The first-order chi connectivity index (χ1) is 16.3. The van der Waals surface area contributed by atoms with Crippen molar-refractivity contribution in [2.75, 3.05) is 11.1 Å². The highest BCUT2D eigenvalue weighted by atomic mass is 35.5. The van der Waals surface area contributed by atoms with Gasteiger partial charge in [-0.05, 0) is 48.4 Å². The van der Waals surface area contributed by atoms with Crippen molar-refractivity contribution in [3.63, 3.8) is 0 Å². The third-order valence-electron chi connectivity index (χ3n) is 4.62. The van der Waals surface area contributed by atoms with Crippen LogP contribution < -0.4 is 10.7 Å². The van der Waals surface area contributed by atoms with Crippen LogP contribution in [0.25, 0.3) is 0 Å². The van der Waals surface area contributed by atoms with E-state index in [0.29, 0.717) is 27.7 Å². The molecule has 2 N–H and O–H groups in total. The van der Waals surface area contributed by atoms with Crippen LogP contribution in [-0.4, -0.2) is 28.2 Å². The number of non-ortho nitro benzene ring substituents is 1. The molecule has 3 rings (SSSR count). The Hall–Kier alpha value is -3.69. The van der Waals surface area contributed by atoms with Crippen LogP contribution in [0.4, 0.5) is 11.4 Å². The van der Waals surface area contributed by atoms with Crippen molar-refractivity contribution >= 4 is 52.3 Å². The van der Waals surface area contributed by atoms with Crippen molar-refractivity contribution in [2.24, 2.45) is 5.10 Å². The molecule has 34 heavy (non-hydrogen) atoms. The van der Waals surface area contributed by atoms with Crippen LogP contribution in [0.5, 0.6) is 0 Å². The van der Waals surface area contributed by atoms with Gasteiger partial charge in [-0.2, -0.15) is 5.10 Å². The van der Waals surface area contributed by atoms with Crippen LogP contribution in [0.3, 0.4) is 0 Å². The second kappa shape index (κ2) is 12.0. The van der Waals surface area contributed by atoms with Gasteiger partial charge in [-0.1, -0.05) is 41.9 Å². The minimum absolute atomic E-state index is 0.0319. The van der Waals surface area contributed by atoms with E-state index in [1.54, 1.807) is 61.5 Å². The van der Waals surface area contributed by atoms with Crippen molar-refractivity contribution < 1.29 is 14.5 Å². The third-order valence-corrected chi connectivity index (χ3v) is 5.86. The van der Waals surface area contributed by atoms with E-state index >= 15 is 0 Å². The molecule has 0 saturated carbocycles. The van der Waals surface area contributed by atoms with E-state index in [1.807, 2.05) is 6.07 Å². The Morgan fingerprint density at radius 1 is 1.03 bits per heavy atom. The molecule has 0 unspecified atom stereocenters. The normalized spacial score (nSPS) is 11.1. The summed E-state index contributed by atoms with van der Waals surface area (Å²) in [6.45, 7) is 1.75. The second-order valence-corrected chi connectivity index (χ2v) is 8.62. The number of nitrogens with zero attached hydrogens (tertiary/aromatic N) is 2. The summed E-state index contributed by atoms with van der Waals surface area (Å²) in [7, 11) is 0. The highest BCUT2D eigenvalue weighted by molar-refractivity contribution is 7.99. The molecule has 10 heteroatoms. The molecular weight excluding hydrogens is 476 g/mol. The van der Waals surface area contributed by atoms with Crippen molar-refractivity contribution in [1.82, 2.24) is 5.43 Å². The fourth-order valence-corrected chi connectivity index (χ4v) is 3.84. The van der Waals surface area contributed by atoms with Gasteiger partial charge in [0.1, 0.15) is 0 Å². The van der Waals surface area contributed by atoms with E-state index in [2.05, 4.69) is 15.8 Å². The molecule has 0 aromatic heterocycles. The van der Waals surface area contributed by atoms with Gasteiger partial charge in [0.25, 0.3) is 11.6 Å². The lowest BCUT2D eigenvalue weighted by molar-refractivity contribution is -0.384. The predicted octanol–water partition coefficient (Wildman–Crippen LogP) is 5.27. The Kier molecular flexibility index (Phi) is 8.78. The number of nitro benzene ring substituents is 1. The van der Waals surface area contributed by atoms with E-state index in [4.69, 9.17) is 11.6 Å². The lowest BCUT2D eigenvalue weighted by Gasteiger charge is -2.08. The van der Waals surface area contributed by atoms with Gasteiger partial charge in [-0.3, -0.25) is 19.7 Å². The summed E-state index contributed by atoms with van der Waals surface area (Å²) in [5.41, 5.74) is 5.79. The monoisotopic (exact) mass is 496 g/mol. The number of carbonyl (C=O) groups is 2. The van der Waals surface area contributed by atoms with Crippen LogP contribution in [-0.2, 0) is 10.5 Å². The Morgan fingerprint density at radius 3 is 2.44 bits per heavy atom. The standard InChI is InChI=1S/C24H21ClN4O4S/c1-16(27-28-23(30)15-34-14-17-8-10-22(11-9-17)29(32)33)18-4-3-7-21(13-18)26-24(31)19-5-2-6-20(25)12-19/h2-13H,14-15H2,1H3,(H,26,31)(H,28,30)/b27-16-. The minimum Gasteiger partial charge on any atom is -0.322 e. The lowest BCUT2D eigenvalue weighted by Crippen LogP contribution is -2.21. The van der Waals surface area contributed by atoms with Gasteiger partial charge in [0.15, 0.2) is 0 Å². The van der Waals surface area contributed by atoms with Crippen molar-refractivity contribution in [3.8, 4) is 0 Å². The Balaban J connectivity index is 1.51. The van der Waals surface area contributed by atoms with Gasteiger partial charge in [0.05, 0.1) is 16.4 Å². The van der Waals surface area contributed by atoms with Crippen molar-refractivity contribution in [2.45, 2.75) is 12.7 Å². The van der Waals surface area contributed by atoms with Crippen LogP contribution in [0, 0.1) is 10.1 Å². The summed E-state index contributed by atoms with van der Waals surface area (Å²) in [4.78, 5) is 34.8. The third kappa shape index (κ3) is 7.43. The number of carbonyl (C=O) groups excluding carboxylic acids is 2. The number of thioether (sulfide) groups is 1. The van der Waals surface area contributed by atoms with Crippen LogP contribution in [0.15, 0.2) is 77.9 Å². The van der Waals surface area contributed by atoms with E-state index in [1.165, 1.54) is 23.9 Å². The van der Waals surface area contributed by atoms with Gasteiger partial charge in [0, 0.05) is 34.2 Å². The molecular formula is C24H21ClN4O4S. The highest BCUT2D eigenvalue weighted by Gasteiger charge is 2.09. The zero-order chi connectivity index (χ0) is 24.5. The number of hydrogen-bond donors (Lipinski definition) is 2. The Morgan fingerprint density at radius 2 is 1.74 bits per heavy atom. The molecule has 174 valence electrons. The summed E-state index contributed by atoms with van der Waals surface area (Å²) in [5, 5.41) is 18.1. The first-order valence-corrected chi connectivity index (χ1v) is 11.7.